The smallest absolute Gasteiger partial charge is 0.241 e. The second kappa shape index (κ2) is 6.86. The number of likely N-dealkylation sites (tertiary alicyclic amines) is 1. The number of nitrogens with one attached hydrogen (secondary N) is 1. The largest absolute Gasteiger partial charge is 0.326 e. The molecule has 2 unspecified atom stereocenters. The first-order valence-corrected chi connectivity index (χ1v) is 7.47. The molecule has 0 spiro atoms. The lowest BCUT2D eigenvalue weighted by Gasteiger charge is -2.37. The maximum absolute atomic E-state index is 12.3. The minimum atomic E-state index is -0.0838. The summed E-state index contributed by atoms with van der Waals surface area (Å²) in [4.78, 5) is 14.6. The Labute approximate surface area is 121 Å². The van der Waals surface area contributed by atoms with Crippen LogP contribution in [0.3, 0.4) is 0 Å². The topological polar surface area (TPSA) is 58.4 Å². The molecule has 1 heterocycles. The van der Waals surface area contributed by atoms with Crippen molar-refractivity contribution in [3.8, 4) is 0 Å². The van der Waals surface area contributed by atoms with Gasteiger partial charge < -0.3 is 11.1 Å². The van der Waals surface area contributed by atoms with Gasteiger partial charge in [-0.3, -0.25) is 9.69 Å². The predicted molar refractivity (Wildman–Crippen MR) is 82.4 cm³/mol. The second-order valence-electron chi connectivity index (χ2n) is 5.65. The Kier molecular flexibility index (Phi) is 5.15. The van der Waals surface area contributed by atoms with Gasteiger partial charge in [0.15, 0.2) is 0 Å². The summed E-state index contributed by atoms with van der Waals surface area (Å²) in [5, 5.41) is 2.99. The number of hydrogen-bond acceptors (Lipinski definition) is 3. The van der Waals surface area contributed by atoms with Crippen molar-refractivity contribution in [1.29, 1.82) is 0 Å². The van der Waals surface area contributed by atoms with E-state index in [9.17, 15) is 4.79 Å². The van der Waals surface area contributed by atoms with Crippen LogP contribution in [0, 0.1) is 0 Å². The molecule has 1 aliphatic heterocycles. The molecular formula is C16H25N3O. The Morgan fingerprint density at radius 2 is 2.10 bits per heavy atom. The van der Waals surface area contributed by atoms with Gasteiger partial charge in [-0.1, -0.05) is 18.6 Å². The Morgan fingerprint density at radius 1 is 1.40 bits per heavy atom. The van der Waals surface area contributed by atoms with E-state index in [1.165, 1.54) is 19.3 Å². The SMILES string of the molecule is CC1CCCCN1C(C)C(=O)Nc1ccc(CN)cc1. The summed E-state index contributed by atoms with van der Waals surface area (Å²) in [5.41, 5.74) is 7.47. The number of carbonyl (C=O) groups is 1. The molecule has 2 atom stereocenters. The number of amides is 1. The normalized spacial score (nSPS) is 21.4. The molecule has 0 aliphatic carbocycles. The highest BCUT2D eigenvalue weighted by atomic mass is 16.2. The number of carbonyl (C=O) groups excluding carboxylic acids is 1. The standard InChI is InChI=1S/C16H25N3O/c1-12-5-3-4-10-19(12)13(2)16(20)18-15-8-6-14(11-17)7-9-15/h6-9,12-13H,3-5,10-11,17H2,1-2H3,(H,18,20). The van der Waals surface area contributed by atoms with Crippen LogP contribution >= 0.6 is 0 Å². The van der Waals surface area contributed by atoms with E-state index >= 15 is 0 Å². The van der Waals surface area contributed by atoms with Crippen LogP contribution in [0.2, 0.25) is 0 Å². The molecule has 4 nitrogen and oxygen atoms in total. The summed E-state index contributed by atoms with van der Waals surface area (Å²) < 4.78 is 0. The summed E-state index contributed by atoms with van der Waals surface area (Å²) in [7, 11) is 0. The van der Waals surface area contributed by atoms with Gasteiger partial charge >= 0.3 is 0 Å². The lowest BCUT2D eigenvalue weighted by Crippen LogP contribution is -2.48. The van der Waals surface area contributed by atoms with Crippen LogP contribution in [0.5, 0.6) is 0 Å². The highest BCUT2D eigenvalue weighted by molar-refractivity contribution is 5.94. The molecule has 1 aromatic rings. The number of hydrogen-bond donors (Lipinski definition) is 2. The highest BCUT2D eigenvalue weighted by Crippen LogP contribution is 2.20. The van der Waals surface area contributed by atoms with Crippen LogP contribution in [0.25, 0.3) is 0 Å². The molecule has 0 bridgehead atoms. The van der Waals surface area contributed by atoms with Crippen molar-refractivity contribution >= 4 is 11.6 Å². The fourth-order valence-corrected chi connectivity index (χ4v) is 2.82. The quantitative estimate of drug-likeness (QED) is 0.887. The van der Waals surface area contributed by atoms with Crippen molar-refractivity contribution < 1.29 is 4.79 Å². The third-order valence-corrected chi connectivity index (χ3v) is 4.19. The monoisotopic (exact) mass is 275 g/mol. The first-order chi connectivity index (χ1) is 9.61. The first-order valence-electron chi connectivity index (χ1n) is 7.47. The molecule has 0 saturated carbocycles. The molecular weight excluding hydrogens is 250 g/mol. The Hall–Kier alpha value is -1.39. The molecule has 1 fully saturated rings. The van der Waals surface area contributed by atoms with Crippen molar-refractivity contribution in [2.75, 3.05) is 11.9 Å². The van der Waals surface area contributed by atoms with Gasteiger partial charge in [0.05, 0.1) is 6.04 Å². The van der Waals surface area contributed by atoms with E-state index < -0.39 is 0 Å². The van der Waals surface area contributed by atoms with Crippen LogP contribution in [-0.4, -0.2) is 29.4 Å². The van der Waals surface area contributed by atoms with Crippen molar-refractivity contribution in [3.05, 3.63) is 29.8 Å². The number of anilines is 1. The number of benzene rings is 1. The molecule has 20 heavy (non-hydrogen) atoms. The van der Waals surface area contributed by atoms with Crippen molar-refractivity contribution in [3.63, 3.8) is 0 Å². The molecule has 0 radical (unpaired) electrons. The van der Waals surface area contributed by atoms with Crippen molar-refractivity contribution in [1.82, 2.24) is 4.90 Å². The number of rotatable bonds is 4. The van der Waals surface area contributed by atoms with Gasteiger partial charge in [0.25, 0.3) is 0 Å². The maximum Gasteiger partial charge on any atom is 0.241 e. The lowest BCUT2D eigenvalue weighted by atomic mass is 10.0. The van der Waals surface area contributed by atoms with Gasteiger partial charge in [-0.2, -0.15) is 0 Å². The van der Waals surface area contributed by atoms with Gasteiger partial charge in [0, 0.05) is 18.3 Å². The van der Waals surface area contributed by atoms with Crippen LogP contribution in [0.4, 0.5) is 5.69 Å². The summed E-state index contributed by atoms with van der Waals surface area (Å²) in [6.07, 6.45) is 3.64. The molecule has 110 valence electrons. The summed E-state index contributed by atoms with van der Waals surface area (Å²) in [5.74, 6) is 0.0687. The fourth-order valence-electron chi connectivity index (χ4n) is 2.82. The fraction of sp³-hybridized carbons (Fsp3) is 0.562. The number of piperidine rings is 1. The third-order valence-electron chi connectivity index (χ3n) is 4.19. The van der Waals surface area contributed by atoms with E-state index in [1.807, 2.05) is 31.2 Å². The van der Waals surface area contributed by atoms with Crippen LogP contribution in [0.1, 0.15) is 38.7 Å². The van der Waals surface area contributed by atoms with E-state index in [1.54, 1.807) is 0 Å². The molecule has 2 rings (SSSR count). The molecule has 0 aromatic heterocycles. The summed E-state index contributed by atoms with van der Waals surface area (Å²) in [6.45, 7) is 5.74. The minimum absolute atomic E-state index is 0.0687. The number of nitrogens with zero attached hydrogens (tertiary/aromatic N) is 1. The van der Waals surface area contributed by atoms with E-state index in [0.29, 0.717) is 12.6 Å². The van der Waals surface area contributed by atoms with Crippen LogP contribution in [0.15, 0.2) is 24.3 Å². The zero-order chi connectivity index (χ0) is 14.5. The Morgan fingerprint density at radius 3 is 2.70 bits per heavy atom. The highest BCUT2D eigenvalue weighted by Gasteiger charge is 2.27. The number of nitrogens with two attached hydrogens (primary N) is 1. The second-order valence-corrected chi connectivity index (χ2v) is 5.65. The Bertz CT molecular complexity index is 444. The minimum Gasteiger partial charge on any atom is -0.326 e. The van der Waals surface area contributed by atoms with E-state index in [-0.39, 0.29) is 11.9 Å². The average molecular weight is 275 g/mol. The van der Waals surface area contributed by atoms with Crippen LogP contribution < -0.4 is 11.1 Å². The van der Waals surface area contributed by atoms with E-state index in [2.05, 4.69) is 17.1 Å². The molecule has 1 aliphatic rings. The van der Waals surface area contributed by atoms with Crippen LogP contribution in [-0.2, 0) is 11.3 Å². The average Bonchev–Trinajstić information content (AvgIpc) is 2.48. The third kappa shape index (κ3) is 3.58. The first kappa shape index (κ1) is 15.0. The predicted octanol–water partition coefficient (Wildman–Crippen LogP) is 2.35. The molecule has 1 amide bonds. The van der Waals surface area contributed by atoms with Crippen molar-refractivity contribution in [2.45, 2.75) is 51.7 Å². The van der Waals surface area contributed by atoms with Gasteiger partial charge in [-0.05, 0) is 50.9 Å². The van der Waals surface area contributed by atoms with Gasteiger partial charge in [-0.15, -0.1) is 0 Å². The van der Waals surface area contributed by atoms with Gasteiger partial charge in [-0.25, -0.2) is 0 Å². The van der Waals surface area contributed by atoms with Gasteiger partial charge in [0.2, 0.25) is 5.91 Å². The maximum atomic E-state index is 12.3. The molecule has 1 saturated heterocycles. The zero-order valence-electron chi connectivity index (χ0n) is 12.4. The summed E-state index contributed by atoms with van der Waals surface area (Å²) >= 11 is 0. The van der Waals surface area contributed by atoms with E-state index in [0.717, 1.165) is 17.8 Å². The van der Waals surface area contributed by atoms with E-state index in [4.69, 9.17) is 5.73 Å². The lowest BCUT2D eigenvalue weighted by molar-refractivity contribution is -0.122. The molecule has 4 heteroatoms. The van der Waals surface area contributed by atoms with Gasteiger partial charge in [0.1, 0.15) is 0 Å². The molecule has 1 aromatic carbocycles. The van der Waals surface area contributed by atoms with Crippen molar-refractivity contribution in [2.24, 2.45) is 5.73 Å². The molecule has 3 N–H and O–H groups in total. The summed E-state index contributed by atoms with van der Waals surface area (Å²) in [6, 6.07) is 8.12. The Balaban J connectivity index is 1.95. The zero-order valence-corrected chi connectivity index (χ0v) is 12.4.